The first-order valence-electron chi connectivity index (χ1n) is 7.03. The molecule has 1 saturated carbocycles. The normalized spacial score (nSPS) is 23.3. The average Bonchev–Trinajstić information content (AvgIpc) is 2.75. The van der Waals surface area contributed by atoms with Crippen LogP contribution in [-0.4, -0.2) is 18.3 Å². The van der Waals surface area contributed by atoms with Crippen molar-refractivity contribution in [2.24, 2.45) is 11.8 Å². The van der Waals surface area contributed by atoms with Crippen LogP contribution in [0.5, 0.6) is 0 Å². The van der Waals surface area contributed by atoms with Crippen molar-refractivity contribution in [3.05, 3.63) is 23.2 Å². The van der Waals surface area contributed by atoms with Gasteiger partial charge in [0.05, 0.1) is 5.56 Å². The van der Waals surface area contributed by atoms with Gasteiger partial charge in [0.1, 0.15) is 11.5 Å². The van der Waals surface area contributed by atoms with Crippen LogP contribution in [0, 0.1) is 25.7 Å². The molecular formula is C15H22ClNO2. The Morgan fingerprint density at radius 3 is 2.63 bits per heavy atom. The second-order valence-corrected chi connectivity index (χ2v) is 5.80. The third-order valence-corrected chi connectivity index (χ3v) is 4.47. The van der Waals surface area contributed by atoms with E-state index in [1.807, 2.05) is 13.8 Å². The first-order valence-corrected chi connectivity index (χ1v) is 7.56. The van der Waals surface area contributed by atoms with Gasteiger partial charge in [0.2, 0.25) is 0 Å². The zero-order valence-electron chi connectivity index (χ0n) is 11.7. The van der Waals surface area contributed by atoms with Gasteiger partial charge in [-0.2, -0.15) is 0 Å². The lowest BCUT2D eigenvalue weighted by Gasteiger charge is -2.30. The van der Waals surface area contributed by atoms with Gasteiger partial charge < -0.3 is 9.73 Å². The Morgan fingerprint density at radius 2 is 2.05 bits per heavy atom. The quantitative estimate of drug-likeness (QED) is 0.857. The van der Waals surface area contributed by atoms with Crippen LogP contribution < -0.4 is 5.32 Å². The number of amides is 1. The number of carbonyl (C=O) groups is 1. The second-order valence-electron chi connectivity index (χ2n) is 5.50. The molecule has 3 nitrogen and oxygen atoms in total. The number of rotatable bonds is 4. The minimum Gasteiger partial charge on any atom is -0.466 e. The van der Waals surface area contributed by atoms with Crippen molar-refractivity contribution >= 4 is 17.5 Å². The van der Waals surface area contributed by atoms with Crippen LogP contribution >= 0.6 is 11.6 Å². The summed E-state index contributed by atoms with van der Waals surface area (Å²) < 4.78 is 5.39. The largest absolute Gasteiger partial charge is 0.466 e. The summed E-state index contributed by atoms with van der Waals surface area (Å²) >= 11 is 6.01. The summed E-state index contributed by atoms with van der Waals surface area (Å²) in [5, 5.41) is 3.03. The van der Waals surface area contributed by atoms with E-state index in [2.05, 4.69) is 5.32 Å². The van der Waals surface area contributed by atoms with Crippen molar-refractivity contribution < 1.29 is 9.21 Å². The number of hydrogen-bond donors (Lipinski definition) is 1. The van der Waals surface area contributed by atoms with E-state index >= 15 is 0 Å². The maximum absolute atomic E-state index is 12.1. The minimum absolute atomic E-state index is 0.0340. The molecule has 1 fully saturated rings. The zero-order valence-corrected chi connectivity index (χ0v) is 12.4. The van der Waals surface area contributed by atoms with E-state index in [0.717, 1.165) is 12.3 Å². The summed E-state index contributed by atoms with van der Waals surface area (Å²) in [6, 6.07) is 1.80. The predicted octanol–water partition coefficient (Wildman–Crippen LogP) is 3.67. The Bertz CT molecular complexity index is 441. The van der Waals surface area contributed by atoms with E-state index in [9.17, 15) is 4.79 Å². The predicted molar refractivity (Wildman–Crippen MR) is 76.7 cm³/mol. The van der Waals surface area contributed by atoms with Crippen molar-refractivity contribution in [2.75, 3.05) is 12.4 Å². The Hall–Kier alpha value is -0.960. The highest BCUT2D eigenvalue weighted by molar-refractivity contribution is 6.18. The fourth-order valence-electron chi connectivity index (χ4n) is 2.93. The van der Waals surface area contributed by atoms with Crippen molar-refractivity contribution in [3.63, 3.8) is 0 Å². The second kappa shape index (κ2) is 6.47. The fraction of sp³-hybridized carbons (Fsp3) is 0.667. The molecule has 1 amide bonds. The monoisotopic (exact) mass is 283 g/mol. The highest BCUT2D eigenvalue weighted by atomic mass is 35.5. The maximum atomic E-state index is 12.1. The van der Waals surface area contributed by atoms with Crippen molar-refractivity contribution in [3.8, 4) is 0 Å². The molecule has 1 aliphatic carbocycles. The topological polar surface area (TPSA) is 42.2 Å². The van der Waals surface area contributed by atoms with Crippen molar-refractivity contribution in [2.45, 2.75) is 39.5 Å². The van der Waals surface area contributed by atoms with Crippen LogP contribution in [-0.2, 0) is 0 Å². The molecule has 2 atom stereocenters. The van der Waals surface area contributed by atoms with E-state index in [1.54, 1.807) is 6.07 Å². The number of aryl methyl sites for hydroxylation is 2. The highest BCUT2D eigenvalue weighted by Crippen LogP contribution is 2.30. The van der Waals surface area contributed by atoms with Gasteiger partial charge in [0.15, 0.2) is 0 Å². The van der Waals surface area contributed by atoms with Gasteiger partial charge in [-0.3, -0.25) is 4.79 Å². The van der Waals surface area contributed by atoms with Crippen molar-refractivity contribution in [1.29, 1.82) is 0 Å². The number of halogens is 1. The van der Waals surface area contributed by atoms with Gasteiger partial charge in [-0.1, -0.05) is 12.8 Å². The molecule has 4 heteroatoms. The SMILES string of the molecule is Cc1cc(C(=O)NCC2CCCCC2CCl)c(C)o1. The lowest BCUT2D eigenvalue weighted by molar-refractivity contribution is 0.0935. The summed E-state index contributed by atoms with van der Waals surface area (Å²) in [4.78, 5) is 12.1. The van der Waals surface area contributed by atoms with Gasteiger partial charge >= 0.3 is 0 Å². The molecule has 1 aromatic heterocycles. The molecular weight excluding hydrogens is 262 g/mol. The van der Waals surface area contributed by atoms with Crippen LogP contribution in [0.3, 0.4) is 0 Å². The molecule has 1 heterocycles. The fourth-order valence-corrected chi connectivity index (χ4v) is 3.34. The van der Waals surface area contributed by atoms with E-state index in [-0.39, 0.29) is 5.91 Å². The van der Waals surface area contributed by atoms with Crippen molar-refractivity contribution in [1.82, 2.24) is 5.32 Å². The maximum Gasteiger partial charge on any atom is 0.254 e. The lowest BCUT2D eigenvalue weighted by Crippen LogP contribution is -2.35. The molecule has 0 saturated heterocycles. The summed E-state index contributed by atoms with van der Waals surface area (Å²) in [6.07, 6.45) is 4.87. The Kier molecular flexibility index (Phi) is 4.92. The molecule has 19 heavy (non-hydrogen) atoms. The molecule has 0 spiro atoms. The Balaban J connectivity index is 1.91. The highest BCUT2D eigenvalue weighted by Gasteiger charge is 2.25. The third kappa shape index (κ3) is 3.53. The van der Waals surface area contributed by atoms with E-state index < -0.39 is 0 Å². The first kappa shape index (κ1) is 14.4. The van der Waals surface area contributed by atoms with Crippen LogP contribution in [0.15, 0.2) is 10.5 Å². The smallest absolute Gasteiger partial charge is 0.254 e. The van der Waals surface area contributed by atoms with Crippen LogP contribution in [0.1, 0.15) is 47.6 Å². The van der Waals surface area contributed by atoms with Crippen LogP contribution in [0.2, 0.25) is 0 Å². The molecule has 0 aliphatic heterocycles. The summed E-state index contributed by atoms with van der Waals surface area (Å²) in [7, 11) is 0. The summed E-state index contributed by atoms with van der Waals surface area (Å²) in [6.45, 7) is 4.40. The standard InChI is InChI=1S/C15H22ClNO2/c1-10-7-14(11(2)19-10)15(18)17-9-13-6-4-3-5-12(13)8-16/h7,12-13H,3-6,8-9H2,1-2H3,(H,17,18). The molecule has 2 unspecified atom stereocenters. The summed E-state index contributed by atoms with van der Waals surface area (Å²) in [5.74, 6) is 3.19. The van der Waals surface area contributed by atoms with Crippen LogP contribution in [0.4, 0.5) is 0 Å². The van der Waals surface area contributed by atoms with Gasteiger partial charge in [-0.05, 0) is 44.6 Å². The van der Waals surface area contributed by atoms with E-state index in [0.29, 0.717) is 29.0 Å². The number of carbonyl (C=O) groups excluding carboxylic acids is 1. The van der Waals surface area contributed by atoms with Gasteiger partial charge in [-0.25, -0.2) is 0 Å². The number of furan rings is 1. The molecule has 0 aromatic carbocycles. The number of hydrogen-bond acceptors (Lipinski definition) is 2. The first-order chi connectivity index (χ1) is 9.11. The Labute approximate surface area is 119 Å². The third-order valence-electron chi connectivity index (χ3n) is 4.08. The molecule has 1 aliphatic rings. The Morgan fingerprint density at radius 1 is 1.37 bits per heavy atom. The van der Waals surface area contributed by atoms with Crippen LogP contribution in [0.25, 0.3) is 0 Å². The minimum atomic E-state index is -0.0340. The molecule has 0 bridgehead atoms. The molecule has 0 radical (unpaired) electrons. The van der Waals surface area contributed by atoms with Gasteiger partial charge in [0.25, 0.3) is 5.91 Å². The van der Waals surface area contributed by atoms with E-state index in [1.165, 1.54) is 25.7 Å². The zero-order chi connectivity index (χ0) is 13.8. The number of nitrogens with one attached hydrogen (secondary N) is 1. The number of alkyl halides is 1. The molecule has 1 aromatic rings. The molecule has 2 rings (SSSR count). The summed E-state index contributed by atoms with van der Waals surface area (Å²) in [5.41, 5.74) is 0.649. The average molecular weight is 284 g/mol. The van der Waals surface area contributed by atoms with E-state index in [4.69, 9.17) is 16.0 Å². The van der Waals surface area contributed by atoms with Gasteiger partial charge in [-0.15, -0.1) is 11.6 Å². The lowest BCUT2D eigenvalue weighted by atomic mass is 9.80. The van der Waals surface area contributed by atoms with Gasteiger partial charge in [0, 0.05) is 12.4 Å². The molecule has 1 N–H and O–H groups in total. The molecule has 106 valence electrons.